The maximum Gasteiger partial charge on any atom is 0.346 e. The molecule has 224 valence electrons. The molecule has 2 aromatic rings. The Morgan fingerprint density at radius 3 is 2.67 bits per heavy atom. The third-order valence-corrected chi connectivity index (χ3v) is 8.91. The number of nitrogens with one attached hydrogen (secondary N) is 4. The minimum atomic E-state index is -2.63. The number of ether oxygens (including phenoxy) is 1. The molecule has 0 saturated carbocycles. The van der Waals surface area contributed by atoms with Crippen molar-refractivity contribution in [2.45, 2.75) is 55.3 Å². The number of aliphatic imine (C=N–C) groups is 1. The number of para-hydroxylation sites is 1. The number of nitrogens with zero attached hydrogens (tertiary/aromatic N) is 3. The fourth-order valence-electron chi connectivity index (χ4n) is 6.58. The van der Waals surface area contributed by atoms with E-state index in [2.05, 4.69) is 40.1 Å². The van der Waals surface area contributed by atoms with Gasteiger partial charge in [-0.3, -0.25) is 20.6 Å². The molecule has 4 atom stereocenters. The van der Waals surface area contributed by atoms with E-state index < -0.39 is 41.4 Å². The fourth-order valence-corrected chi connectivity index (χ4v) is 6.58. The van der Waals surface area contributed by atoms with E-state index in [0.717, 1.165) is 12.0 Å². The summed E-state index contributed by atoms with van der Waals surface area (Å²) < 4.78 is 7.38. The van der Waals surface area contributed by atoms with Crippen molar-refractivity contribution in [1.29, 1.82) is 5.26 Å². The van der Waals surface area contributed by atoms with Crippen LogP contribution in [0.1, 0.15) is 52.1 Å². The zero-order valence-corrected chi connectivity index (χ0v) is 23.7. The molecule has 14 nitrogen and oxygen atoms in total. The van der Waals surface area contributed by atoms with Gasteiger partial charge in [-0.25, -0.2) is 9.57 Å². The Morgan fingerprint density at radius 2 is 1.91 bits per heavy atom. The third kappa shape index (κ3) is 4.23. The molecule has 4 aliphatic rings. The average molecular weight is 589 g/mol. The topological polar surface area (TPSA) is 223 Å². The minimum Gasteiger partial charge on any atom is -0.492 e. The Balaban J connectivity index is 1.27. The number of hydrogen-bond donors (Lipinski definition) is 8. The Labute approximate surface area is 247 Å². The molecule has 6 rings (SSSR count). The van der Waals surface area contributed by atoms with Crippen molar-refractivity contribution in [2.75, 3.05) is 19.7 Å². The number of fused-ring (bicyclic) bond motifs is 1. The van der Waals surface area contributed by atoms with Gasteiger partial charge in [-0.2, -0.15) is 5.26 Å². The van der Waals surface area contributed by atoms with Gasteiger partial charge in [-0.05, 0) is 30.0 Å². The normalized spacial score (nSPS) is 27.6. The number of benzene rings is 2. The van der Waals surface area contributed by atoms with Gasteiger partial charge in [0, 0.05) is 5.56 Å². The van der Waals surface area contributed by atoms with Gasteiger partial charge in [0.25, 0.3) is 11.8 Å². The second kappa shape index (κ2) is 9.85. The Bertz CT molecular complexity index is 1630. The number of rotatable bonds is 5. The van der Waals surface area contributed by atoms with Gasteiger partial charge < -0.3 is 36.6 Å². The lowest BCUT2D eigenvalue weighted by Gasteiger charge is -2.43. The number of hydrogen-bond acceptors (Lipinski definition) is 11. The molecule has 0 aliphatic carbocycles. The summed E-state index contributed by atoms with van der Waals surface area (Å²) in [6.45, 7) is 4.47. The van der Waals surface area contributed by atoms with Crippen molar-refractivity contribution < 1.29 is 29.1 Å². The molecule has 1 unspecified atom stereocenters. The molecule has 2 aromatic carbocycles. The molecule has 1 saturated heterocycles. The average Bonchev–Trinajstić information content (AvgIpc) is 3.44. The number of aliphatic hydroxyl groups is 2. The maximum atomic E-state index is 13.6. The van der Waals surface area contributed by atoms with Crippen LogP contribution in [0.4, 0.5) is 0 Å². The Morgan fingerprint density at radius 1 is 1.16 bits per heavy atom. The molecule has 4 heterocycles. The number of nitrogens with two attached hydrogens (primary N) is 2. The van der Waals surface area contributed by atoms with E-state index in [1.165, 1.54) is 16.7 Å². The highest BCUT2D eigenvalue weighted by Crippen LogP contribution is 2.43. The number of guanidine groups is 2. The quantitative estimate of drug-likeness (QED) is 0.143. The second-order valence-corrected chi connectivity index (χ2v) is 11.9. The monoisotopic (exact) mass is 588 g/mol. The summed E-state index contributed by atoms with van der Waals surface area (Å²) >= 11 is 0. The summed E-state index contributed by atoms with van der Waals surface area (Å²) in [4.78, 5) is 31.0. The van der Waals surface area contributed by atoms with Crippen LogP contribution >= 0.6 is 0 Å². The molecule has 1 fully saturated rings. The van der Waals surface area contributed by atoms with Gasteiger partial charge in [0.05, 0.1) is 42.5 Å². The smallest absolute Gasteiger partial charge is 0.346 e. The molecule has 0 aromatic heterocycles. The van der Waals surface area contributed by atoms with Crippen molar-refractivity contribution in [1.82, 2.24) is 21.3 Å². The predicted molar refractivity (Wildman–Crippen MR) is 154 cm³/mol. The van der Waals surface area contributed by atoms with E-state index in [0.29, 0.717) is 12.4 Å². The van der Waals surface area contributed by atoms with Crippen molar-refractivity contribution in [3.63, 3.8) is 0 Å². The molecular formula is C29H34N9O5+. The van der Waals surface area contributed by atoms with E-state index in [4.69, 9.17) is 16.2 Å². The molecule has 43 heavy (non-hydrogen) atoms. The van der Waals surface area contributed by atoms with Crippen molar-refractivity contribution in [3.8, 4) is 11.8 Å². The molecule has 0 bridgehead atoms. The molecule has 2 amide bonds. The van der Waals surface area contributed by atoms with Crippen LogP contribution in [0.15, 0.2) is 47.5 Å². The van der Waals surface area contributed by atoms with Crippen LogP contribution in [0.5, 0.6) is 5.75 Å². The zero-order chi connectivity index (χ0) is 30.7. The zero-order valence-electron chi connectivity index (χ0n) is 23.7. The Kier molecular flexibility index (Phi) is 6.48. The Hall–Kier alpha value is -4.87. The highest BCUT2D eigenvalue weighted by molar-refractivity contribution is 5.98. The van der Waals surface area contributed by atoms with Crippen LogP contribution in [0.3, 0.4) is 0 Å². The van der Waals surface area contributed by atoms with Crippen molar-refractivity contribution in [2.24, 2.45) is 16.5 Å². The predicted octanol–water partition coefficient (Wildman–Crippen LogP) is -1.88. The van der Waals surface area contributed by atoms with Gasteiger partial charge in [0.2, 0.25) is 11.4 Å². The van der Waals surface area contributed by atoms with Gasteiger partial charge >= 0.3 is 5.96 Å². The summed E-state index contributed by atoms with van der Waals surface area (Å²) in [6, 6.07) is 10.8. The SMILES string of the molecule is CC1(C)CCOc2c(C(=O)NC3C[N+]4=C(N)N[C@@H](CNC(=O)c5ccccc5C#N)[C@@H]5N=C(N)N[C@@]54C3(O)O)cccc21. The summed E-state index contributed by atoms with van der Waals surface area (Å²) in [7, 11) is 0. The first-order valence-corrected chi connectivity index (χ1v) is 14.0. The summed E-state index contributed by atoms with van der Waals surface area (Å²) in [5, 5.41) is 44.4. The van der Waals surface area contributed by atoms with Crippen LogP contribution in [-0.4, -0.2) is 87.8 Å². The lowest BCUT2D eigenvalue weighted by Crippen LogP contribution is -2.79. The van der Waals surface area contributed by atoms with E-state index >= 15 is 0 Å². The molecule has 4 aliphatic heterocycles. The van der Waals surface area contributed by atoms with Crippen LogP contribution in [0.25, 0.3) is 0 Å². The number of amides is 2. The standard InChI is InChI=1S/C29H33N9O5/c1-27(2)10-11-43-21-17(8-5-9-18(21)27)24(40)35-20-14-38-26(32)34-19(22-28(38,29(20,41)42)37-25(31)36-22)13-33-23(39)16-7-4-3-6-15(16)12-30/h3-9,19-20,22,41-42H,10-11,13-14H2,1-2H3,(H7,31,32,33,34,35,36,37,39,40)/p+1/t19-,20?,22-,28-/m0/s1. The van der Waals surface area contributed by atoms with E-state index in [1.807, 2.05) is 12.1 Å². The van der Waals surface area contributed by atoms with E-state index in [1.54, 1.807) is 24.3 Å². The van der Waals surface area contributed by atoms with Gasteiger partial charge in [0.1, 0.15) is 23.9 Å². The molecule has 0 radical (unpaired) electrons. The fraction of sp³-hybridized carbons (Fsp3) is 0.414. The molecular weight excluding hydrogens is 554 g/mol. The highest BCUT2D eigenvalue weighted by atomic mass is 16.5. The molecule has 14 heteroatoms. The lowest BCUT2D eigenvalue weighted by atomic mass is 9.79. The molecule has 1 spiro atoms. The highest BCUT2D eigenvalue weighted by Gasteiger charge is 2.75. The van der Waals surface area contributed by atoms with Gasteiger partial charge in [-0.1, -0.05) is 38.1 Å². The minimum absolute atomic E-state index is 0.0472. The first-order chi connectivity index (χ1) is 20.4. The third-order valence-electron chi connectivity index (χ3n) is 8.91. The first kappa shape index (κ1) is 28.3. The van der Waals surface area contributed by atoms with Gasteiger partial charge in [0.15, 0.2) is 5.96 Å². The van der Waals surface area contributed by atoms with E-state index in [-0.39, 0.29) is 47.1 Å². The van der Waals surface area contributed by atoms with Crippen LogP contribution < -0.4 is 37.5 Å². The second-order valence-electron chi connectivity index (χ2n) is 11.9. The largest absolute Gasteiger partial charge is 0.492 e. The first-order valence-electron chi connectivity index (χ1n) is 14.0. The summed E-state index contributed by atoms with van der Waals surface area (Å²) in [5.74, 6) is -3.20. The summed E-state index contributed by atoms with van der Waals surface area (Å²) in [5.41, 5.74) is 12.1. The maximum absolute atomic E-state index is 13.6. The number of carbonyl (C=O) groups excluding carboxylic acids is 2. The lowest BCUT2D eigenvalue weighted by molar-refractivity contribution is -0.623. The van der Waals surface area contributed by atoms with Crippen LogP contribution in [0.2, 0.25) is 0 Å². The van der Waals surface area contributed by atoms with Gasteiger partial charge in [-0.15, -0.1) is 0 Å². The number of nitriles is 1. The van der Waals surface area contributed by atoms with Crippen molar-refractivity contribution in [3.05, 3.63) is 64.7 Å². The van der Waals surface area contributed by atoms with Crippen LogP contribution in [-0.2, 0) is 5.41 Å². The number of carbonyl (C=O) groups is 2. The summed E-state index contributed by atoms with van der Waals surface area (Å²) in [6.07, 6.45) is 0.796. The van der Waals surface area contributed by atoms with Crippen molar-refractivity contribution >= 4 is 23.7 Å². The van der Waals surface area contributed by atoms with Crippen LogP contribution in [0, 0.1) is 11.3 Å². The van der Waals surface area contributed by atoms with E-state index in [9.17, 15) is 25.1 Å². The molecule has 10 N–H and O–H groups in total.